The van der Waals surface area contributed by atoms with Crippen LogP contribution >= 0.6 is 0 Å². The molecule has 0 saturated heterocycles. The van der Waals surface area contributed by atoms with Gasteiger partial charge >= 0.3 is 0 Å². The number of aromatic nitrogens is 3. The molecule has 0 amide bonds. The molecular weight excluding hydrogens is 222 g/mol. The Morgan fingerprint density at radius 1 is 0.611 bits per heavy atom. The zero-order chi connectivity index (χ0) is 12.2. The number of benzene rings is 1. The first kappa shape index (κ1) is 10.6. The van der Waals surface area contributed by atoms with Gasteiger partial charge in [0.25, 0.3) is 0 Å². The maximum absolute atomic E-state index is 4.31. The van der Waals surface area contributed by atoms with E-state index >= 15 is 0 Å². The van der Waals surface area contributed by atoms with Crippen molar-refractivity contribution >= 4 is 0 Å². The number of hydrogen-bond acceptors (Lipinski definition) is 3. The molecule has 0 spiro atoms. The highest BCUT2D eigenvalue weighted by Crippen LogP contribution is 2.21. The van der Waals surface area contributed by atoms with Crippen LogP contribution in [0.3, 0.4) is 0 Å². The van der Waals surface area contributed by atoms with E-state index in [1.807, 2.05) is 30.3 Å². The SMILES string of the molecule is c1ccc(-c2ccnc(-c3ncccn3)c2)cc1. The second-order valence-corrected chi connectivity index (χ2v) is 3.87. The van der Waals surface area contributed by atoms with Crippen molar-refractivity contribution in [2.45, 2.75) is 0 Å². The molecule has 0 atom stereocenters. The topological polar surface area (TPSA) is 38.7 Å². The van der Waals surface area contributed by atoms with Crippen LogP contribution in [0.2, 0.25) is 0 Å². The van der Waals surface area contributed by atoms with E-state index in [0.29, 0.717) is 5.82 Å². The first-order chi connectivity index (χ1) is 8.93. The minimum absolute atomic E-state index is 0.648. The Morgan fingerprint density at radius 3 is 2.17 bits per heavy atom. The van der Waals surface area contributed by atoms with Crippen LogP contribution in [-0.4, -0.2) is 15.0 Å². The Balaban J connectivity index is 2.05. The summed E-state index contributed by atoms with van der Waals surface area (Å²) in [6.45, 7) is 0. The molecule has 0 bridgehead atoms. The van der Waals surface area contributed by atoms with Gasteiger partial charge in [-0.25, -0.2) is 9.97 Å². The maximum Gasteiger partial charge on any atom is 0.178 e. The van der Waals surface area contributed by atoms with Crippen LogP contribution in [0, 0.1) is 0 Å². The van der Waals surface area contributed by atoms with Crippen LogP contribution in [-0.2, 0) is 0 Å². The number of nitrogens with zero attached hydrogens (tertiary/aromatic N) is 3. The van der Waals surface area contributed by atoms with Crippen molar-refractivity contribution in [1.29, 1.82) is 0 Å². The second-order valence-electron chi connectivity index (χ2n) is 3.87. The normalized spacial score (nSPS) is 10.2. The van der Waals surface area contributed by atoms with Crippen molar-refractivity contribution in [3.63, 3.8) is 0 Å². The molecule has 3 nitrogen and oxygen atoms in total. The summed E-state index contributed by atoms with van der Waals surface area (Å²) in [6.07, 6.45) is 5.23. The Hall–Kier alpha value is -2.55. The molecule has 3 heteroatoms. The zero-order valence-electron chi connectivity index (χ0n) is 9.69. The van der Waals surface area contributed by atoms with Gasteiger partial charge in [-0.3, -0.25) is 4.98 Å². The van der Waals surface area contributed by atoms with Crippen molar-refractivity contribution in [1.82, 2.24) is 15.0 Å². The Kier molecular flexibility index (Phi) is 2.80. The molecule has 18 heavy (non-hydrogen) atoms. The maximum atomic E-state index is 4.31. The lowest BCUT2D eigenvalue weighted by atomic mass is 10.1. The predicted molar refractivity (Wildman–Crippen MR) is 70.7 cm³/mol. The molecule has 2 aromatic heterocycles. The standard InChI is InChI=1S/C15H11N3/c1-2-5-12(6-3-1)13-7-10-16-14(11-13)15-17-8-4-9-18-15/h1-11H. The van der Waals surface area contributed by atoms with E-state index < -0.39 is 0 Å². The molecule has 0 unspecified atom stereocenters. The summed E-state index contributed by atoms with van der Waals surface area (Å²) in [5.41, 5.74) is 3.07. The molecule has 0 fully saturated rings. The first-order valence-corrected chi connectivity index (χ1v) is 5.72. The van der Waals surface area contributed by atoms with Gasteiger partial charge in [0, 0.05) is 18.6 Å². The van der Waals surface area contributed by atoms with Crippen molar-refractivity contribution in [3.8, 4) is 22.6 Å². The Morgan fingerprint density at radius 2 is 1.39 bits per heavy atom. The highest BCUT2D eigenvalue weighted by atomic mass is 14.9. The van der Waals surface area contributed by atoms with Crippen LogP contribution in [0.5, 0.6) is 0 Å². The molecule has 2 heterocycles. The lowest BCUT2D eigenvalue weighted by molar-refractivity contribution is 1.14. The molecule has 0 N–H and O–H groups in total. The van der Waals surface area contributed by atoms with Gasteiger partial charge in [-0.2, -0.15) is 0 Å². The number of hydrogen-bond donors (Lipinski definition) is 0. The van der Waals surface area contributed by atoms with Crippen molar-refractivity contribution < 1.29 is 0 Å². The van der Waals surface area contributed by atoms with Gasteiger partial charge in [0.1, 0.15) is 5.69 Å². The summed E-state index contributed by atoms with van der Waals surface area (Å²) in [5, 5.41) is 0. The first-order valence-electron chi connectivity index (χ1n) is 5.72. The van der Waals surface area contributed by atoms with E-state index in [9.17, 15) is 0 Å². The average Bonchev–Trinajstić information content (AvgIpc) is 2.49. The van der Waals surface area contributed by atoms with Crippen LogP contribution in [0.1, 0.15) is 0 Å². The molecule has 3 rings (SSSR count). The van der Waals surface area contributed by atoms with E-state index in [2.05, 4.69) is 27.1 Å². The summed E-state index contributed by atoms with van der Waals surface area (Å²) in [7, 11) is 0. The van der Waals surface area contributed by atoms with E-state index in [-0.39, 0.29) is 0 Å². The molecule has 3 aromatic rings. The molecule has 1 aromatic carbocycles. The monoisotopic (exact) mass is 233 g/mol. The summed E-state index contributed by atoms with van der Waals surface area (Å²) in [5.74, 6) is 0.648. The molecule has 0 aliphatic carbocycles. The van der Waals surface area contributed by atoms with Crippen LogP contribution in [0.15, 0.2) is 67.1 Å². The van der Waals surface area contributed by atoms with Crippen molar-refractivity contribution in [2.24, 2.45) is 0 Å². The molecule has 0 saturated carbocycles. The minimum atomic E-state index is 0.648. The highest BCUT2D eigenvalue weighted by molar-refractivity contribution is 5.67. The summed E-state index contributed by atoms with van der Waals surface area (Å²) < 4.78 is 0. The summed E-state index contributed by atoms with van der Waals surface area (Å²) in [4.78, 5) is 12.7. The van der Waals surface area contributed by atoms with E-state index in [0.717, 1.165) is 16.8 Å². The number of pyridine rings is 1. The smallest absolute Gasteiger partial charge is 0.178 e. The van der Waals surface area contributed by atoms with Crippen molar-refractivity contribution in [3.05, 3.63) is 67.1 Å². The lowest BCUT2D eigenvalue weighted by Crippen LogP contribution is -1.90. The Labute approximate surface area is 105 Å². The summed E-state index contributed by atoms with van der Waals surface area (Å²) in [6, 6.07) is 16.0. The van der Waals surface area contributed by atoms with Gasteiger partial charge < -0.3 is 0 Å². The lowest BCUT2D eigenvalue weighted by Gasteiger charge is -2.03. The highest BCUT2D eigenvalue weighted by Gasteiger charge is 2.03. The fourth-order valence-corrected chi connectivity index (χ4v) is 1.79. The molecular formula is C15H11N3. The van der Waals surface area contributed by atoms with E-state index in [1.165, 1.54) is 0 Å². The minimum Gasteiger partial charge on any atom is -0.253 e. The summed E-state index contributed by atoms with van der Waals surface area (Å²) >= 11 is 0. The quantitative estimate of drug-likeness (QED) is 0.682. The predicted octanol–water partition coefficient (Wildman–Crippen LogP) is 3.21. The largest absolute Gasteiger partial charge is 0.253 e. The molecule has 0 aliphatic rings. The van der Waals surface area contributed by atoms with E-state index in [1.54, 1.807) is 24.7 Å². The van der Waals surface area contributed by atoms with Crippen molar-refractivity contribution in [2.75, 3.05) is 0 Å². The van der Waals surface area contributed by atoms with Gasteiger partial charge in [0.05, 0.1) is 0 Å². The number of rotatable bonds is 2. The fourth-order valence-electron chi connectivity index (χ4n) is 1.79. The molecule has 0 aliphatic heterocycles. The molecule has 0 radical (unpaired) electrons. The van der Waals surface area contributed by atoms with Gasteiger partial charge in [-0.1, -0.05) is 30.3 Å². The van der Waals surface area contributed by atoms with Gasteiger partial charge in [-0.05, 0) is 29.3 Å². The van der Waals surface area contributed by atoms with Crippen LogP contribution in [0.25, 0.3) is 22.6 Å². The fraction of sp³-hybridized carbons (Fsp3) is 0. The Bertz CT molecular complexity index is 581. The average molecular weight is 233 g/mol. The second kappa shape index (κ2) is 4.75. The molecule has 86 valence electrons. The van der Waals surface area contributed by atoms with E-state index in [4.69, 9.17) is 0 Å². The van der Waals surface area contributed by atoms with Crippen LogP contribution < -0.4 is 0 Å². The zero-order valence-corrected chi connectivity index (χ0v) is 9.69. The third kappa shape index (κ3) is 2.11. The van der Waals surface area contributed by atoms with Gasteiger partial charge in [-0.15, -0.1) is 0 Å². The van der Waals surface area contributed by atoms with Gasteiger partial charge in [0.15, 0.2) is 5.82 Å². The van der Waals surface area contributed by atoms with Gasteiger partial charge in [0.2, 0.25) is 0 Å². The van der Waals surface area contributed by atoms with Crippen LogP contribution in [0.4, 0.5) is 0 Å². The third-order valence-electron chi connectivity index (χ3n) is 2.66. The third-order valence-corrected chi connectivity index (χ3v) is 2.66.